The Hall–Kier alpha value is -2.63. The first-order chi connectivity index (χ1) is 10.8. The molecule has 6 heteroatoms. The summed E-state index contributed by atoms with van der Waals surface area (Å²) in [5, 5.41) is 6.99. The molecular formula is C17H22N4O2. The third kappa shape index (κ3) is 3.41. The maximum Gasteiger partial charge on any atom is 0.273 e. The van der Waals surface area contributed by atoms with Gasteiger partial charge in [-0.25, -0.2) is 0 Å². The van der Waals surface area contributed by atoms with Crippen molar-refractivity contribution in [1.82, 2.24) is 14.7 Å². The van der Waals surface area contributed by atoms with Crippen molar-refractivity contribution < 1.29 is 9.59 Å². The van der Waals surface area contributed by atoms with Crippen LogP contribution in [0.1, 0.15) is 38.9 Å². The van der Waals surface area contributed by atoms with E-state index in [1.165, 1.54) is 11.1 Å². The second-order valence-electron chi connectivity index (χ2n) is 5.69. The summed E-state index contributed by atoms with van der Waals surface area (Å²) < 4.78 is 1.58. The van der Waals surface area contributed by atoms with E-state index in [1.54, 1.807) is 18.8 Å². The maximum atomic E-state index is 12.6. The minimum absolute atomic E-state index is 0.194. The molecule has 0 aliphatic carbocycles. The van der Waals surface area contributed by atoms with E-state index in [0.717, 1.165) is 11.1 Å². The van der Waals surface area contributed by atoms with Crippen molar-refractivity contribution >= 4 is 17.5 Å². The zero-order chi connectivity index (χ0) is 17.1. The molecule has 23 heavy (non-hydrogen) atoms. The van der Waals surface area contributed by atoms with Gasteiger partial charge in [0.15, 0.2) is 0 Å². The van der Waals surface area contributed by atoms with Crippen molar-refractivity contribution in [3.05, 3.63) is 46.8 Å². The lowest BCUT2D eigenvalue weighted by molar-refractivity contribution is 0.0816. The summed E-state index contributed by atoms with van der Waals surface area (Å²) in [4.78, 5) is 26.4. The van der Waals surface area contributed by atoms with E-state index in [9.17, 15) is 9.59 Å². The molecule has 0 fully saturated rings. The highest BCUT2D eigenvalue weighted by Gasteiger charge is 2.21. The molecule has 2 rings (SSSR count). The fraction of sp³-hybridized carbons (Fsp3) is 0.353. The fourth-order valence-electron chi connectivity index (χ4n) is 2.32. The number of amides is 2. The average Bonchev–Trinajstić information content (AvgIpc) is 2.91. The number of aryl methyl sites for hydroxylation is 3. The molecule has 1 aromatic carbocycles. The second kappa shape index (κ2) is 6.64. The first-order valence-corrected chi connectivity index (χ1v) is 7.51. The van der Waals surface area contributed by atoms with E-state index in [-0.39, 0.29) is 11.8 Å². The van der Waals surface area contributed by atoms with Crippen molar-refractivity contribution in [3.8, 4) is 0 Å². The van der Waals surface area contributed by atoms with Crippen LogP contribution < -0.4 is 5.32 Å². The molecular weight excluding hydrogens is 292 g/mol. The molecule has 0 bridgehead atoms. The summed E-state index contributed by atoms with van der Waals surface area (Å²) >= 11 is 0. The van der Waals surface area contributed by atoms with E-state index in [0.29, 0.717) is 23.5 Å². The zero-order valence-corrected chi connectivity index (χ0v) is 14.2. The summed E-state index contributed by atoms with van der Waals surface area (Å²) in [7, 11) is 3.34. The molecule has 1 heterocycles. The van der Waals surface area contributed by atoms with Gasteiger partial charge in [-0.2, -0.15) is 5.10 Å². The molecule has 1 N–H and O–H groups in total. The van der Waals surface area contributed by atoms with Crippen LogP contribution in [0.4, 0.5) is 5.69 Å². The monoisotopic (exact) mass is 314 g/mol. The van der Waals surface area contributed by atoms with Gasteiger partial charge in [0.1, 0.15) is 5.69 Å². The normalized spacial score (nSPS) is 10.5. The van der Waals surface area contributed by atoms with Crippen molar-refractivity contribution in [2.45, 2.75) is 27.3 Å². The molecule has 0 saturated heterocycles. The van der Waals surface area contributed by atoms with Gasteiger partial charge in [0.2, 0.25) is 0 Å². The van der Waals surface area contributed by atoms with Gasteiger partial charge in [-0.1, -0.05) is 17.7 Å². The van der Waals surface area contributed by atoms with E-state index in [1.807, 2.05) is 39.0 Å². The number of hydrogen-bond donors (Lipinski definition) is 1. The van der Waals surface area contributed by atoms with E-state index in [2.05, 4.69) is 10.4 Å². The zero-order valence-electron chi connectivity index (χ0n) is 14.2. The van der Waals surface area contributed by atoms with E-state index < -0.39 is 0 Å². The van der Waals surface area contributed by atoms with Crippen LogP contribution in [0.3, 0.4) is 0 Å². The Balaban J connectivity index is 2.37. The Morgan fingerprint density at radius 3 is 2.57 bits per heavy atom. The number of nitrogens with zero attached hydrogens (tertiary/aromatic N) is 3. The van der Waals surface area contributed by atoms with Crippen molar-refractivity contribution in [2.75, 3.05) is 19.4 Å². The summed E-state index contributed by atoms with van der Waals surface area (Å²) in [6.07, 6.45) is 1.52. The highest BCUT2D eigenvalue weighted by atomic mass is 16.2. The standard InChI is InChI=1S/C17H22N4O2/c1-6-21-15(17(23)20(4)5)14(10-18-21)19-16(22)13-9-11(2)7-8-12(13)3/h7-10H,6H2,1-5H3,(H,19,22). The van der Waals surface area contributed by atoms with Gasteiger partial charge in [-0.3, -0.25) is 14.3 Å². The fourth-order valence-corrected chi connectivity index (χ4v) is 2.32. The molecule has 0 aliphatic heterocycles. The van der Waals surface area contributed by atoms with Crippen LogP contribution in [0.15, 0.2) is 24.4 Å². The minimum Gasteiger partial charge on any atom is -0.343 e. The van der Waals surface area contributed by atoms with Crippen LogP contribution in [-0.2, 0) is 6.54 Å². The topological polar surface area (TPSA) is 67.2 Å². The Morgan fingerprint density at radius 1 is 1.26 bits per heavy atom. The number of aromatic nitrogens is 2. The summed E-state index contributed by atoms with van der Waals surface area (Å²) in [5.74, 6) is -0.435. The predicted molar refractivity (Wildman–Crippen MR) is 89.8 cm³/mol. The largest absolute Gasteiger partial charge is 0.343 e. The predicted octanol–water partition coefficient (Wildman–Crippen LogP) is 2.47. The lowest BCUT2D eigenvalue weighted by atomic mass is 10.1. The smallest absolute Gasteiger partial charge is 0.273 e. The second-order valence-corrected chi connectivity index (χ2v) is 5.69. The van der Waals surface area contributed by atoms with E-state index >= 15 is 0 Å². The van der Waals surface area contributed by atoms with Gasteiger partial charge in [-0.05, 0) is 32.4 Å². The molecule has 0 radical (unpaired) electrons. The average molecular weight is 314 g/mol. The van der Waals surface area contributed by atoms with Gasteiger partial charge in [0.05, 0.1) is 11.9 Å². The highest BCUT2D eigenvalue weighted by molar-refractivity contribution is 6.09. The van der Waals surface area contributed by atoms with Gasteiger partial charge < -0.3 is 10.2 Å². The van der Waals surface area contributed by atoms with Gasteiger partial charge in [0.25, 0.3) is 11.8 Å². The molecule has 0 atom stereocenters. The van der Waals surface area contributed by atoms with Crippen LogP contribution in [0, 0.1) is 13.8 Å². The minimum atomic E-state index is -0.241. The quantitative estimate of drug-likeness (QED) is 0.942. The van der Waals surface area contributed by atoms with Crippen molar-refractivity contribution in [1.29, 1.82) is 0 Å². The highest BCUT2D eigenvalue weighted by Crippen LogP contribution is 2.19. The summed E-state index contributed by atoms with van der Waals surface area (Å²) in [5.41, 5.74) is 3.30. The molecule has 2 amide bonds. The third-order valence-electron chi connectivity index (χ3n) is 3.63. The molecule has 6 nitrogen and oxygen atoms in total. The molecule has 0 spiro atoms. The summed E-state index contributed by atoms with van der Waals surface area (Å²) in [6, 6.07) is 5.70. The number of benzene rings is 1. The Labute approximate surface area is 136 Å². The first kappa shape index (κ1) is 16.7. The van der Waals surface area contributed by atoms with Crippen LogP contribution >= 0.6 is 0 Å². The first-order valence-electron chi connectivity index (χ1n) is 7.51. The van der Waals surface area contributed by atoms with Crippen LogP contribution in [-0.4, -0.2) is 40.6 Å². The molecule has 0 saturated carbocycles. The molecule has 122 valence electrons. The molecule has 0 aliphatic rings. The third-order valence-corrected chi connectivity index (χ3v) is 3.63. The van der Waals surface area contributed by atoms with Crippen LogP contribution in [0.25, 0.3) is 0 Å². The Bertz CT molecular complexity index is 747. The van der Waals surface area contributed by atoms with Gasteiger partial charge >= 0.3 is 0 Å². The van der Waals surface area contributed by atoms with Crippen molar-refractivity contribution in [2.24, 2.45) is 0 Å². The van der Waals surface area contributed by atoms with Gasteiger partial charge in [-0.15, -0.1) is 0 Å². The SMILES string of the molecule is CCn1ncc(NC(=O)c2cc(C)ccc2C)c1C(=O)N(C)C. The van der Waals surface area contributed by atoms with Gasteiger partial charge in [0, 0.05) is 26.2 Å². The Kier molecular flexibility index (Phi) is 4.83. The number of rotatable bonds is 4. The molecule has 0 unspecified atom stereocenters. The number of carbonyl (C=O) groups is 2. The molecule has 1 aromatic heterocycles. The number of nitrogens with one attached hydrogen (secondary N) is 1. The van der Waals surface area contributed by atoms with Crippen LogP contribution in [0.5, 0.6) is 0 Å². The van der Waals surface area contributed by atoms with Crippen molar-refractivity contribution in [3.63, 3.8) is 0 Å². The number of hydrogen-bond acceptors (Lipinski definition) is 3. The lowest BCUT2D eigenvalue weighted by Gasteiger charge is -2.14. The molecule has 2 aromatic rings. The number of carbonyl (C=O) groups excluding carboxylic acids is 2. The Morgan fingerprint density at radius 2 is 1.96 bits per heavy atom. The van der Waals surface area contributed by atoms with Crippen LogP contribution in [0.2, 0.25) is 0 Å². The lowest BCUT2D eigenvalue weighted by Crippen LogP contribution is -2.26. The summed E-state index contributed by atoms with van der Waals surface area (Å²) in [6.45, 7) is 6.27. The van der Waals surface area contributed by atoms with E-state index in [4.69, 9.17) is 0 Å². The maximum absolute atomic E-state index is 12.6. The number of anilines is 1.